The van der Waals surface area contributed by atoms with E-state index in [-0.39, 0.29) is 0 Å². The van der Waals surface area contributed by atoms with Crippen LogP contribution in [0, 0.1) is 11.3 Å². The van der Waals surface area contributed by atoms with Crippen LogP contribution in [-0.4, -0.2) is 11.0 Å². The minimum Gasteiger partial charge on any atom is -0.395 e. The fraction of sp³-hybridized carbons (Fsp3) is 0.571. The van der Waals surface area contributed by atoms with Gasteiger partial charge in [-0.1, -0.05) is 33.1 Å². The Morgan fingerprint density at radius 3 is 2.78 bits per heavy atom. The number of anilines is 2. The van der Waals surface area contributed by atoms with Crippen LogP contribution in [0.15, 0.2) is 12.3 Å². The number of nitrogen functional groups attached to an aromatic ring is 1. The highest BCUT2D eigenvalue weighted by atomic mass is 15.0. The van der Waals surface area contributed by atoms with E-state index < -0.39 is 0 Å². The Morgan fingerprint density at radius 2 is 2.17 bits per heavy atom. The van der Waals surface area contributed by atoms with E-state index in [2.05, 4.69) is 30.2 Å². The summed E-state index contributed by atoms with van der Waals surface area (Å²) in [6.07, 6.45) is 7.33. The van der Waals surface area contributed by atoms with Gasteiger partial charge in [0, 0.05) is 12.2 Å². The van der Waals surface area contributed by atoms with Gasteiger partial charge in [0.05, 0.1) is 11.3 Å². The van der Waals surface area contributed by atoms with Gasteiger partial charge < -0.3 is 11.1 Å². The first-order valence-electron chi connectivity index (χ1n) is 6.64. The predicted molar refractivity (Wildman–Crippen MR) is 75.2 cm³/mol. The zero-order valence-corrected chi connectivity index (χ0v) is 11.2. The van der Waals surface area contributed by atoms with Crippen molar-refractivity contribution in [1.29, 1.82) is 5.26 Å². The Labute approximate surface area is 109 Å². The summed E-state index contributed by atoms with van der Waals surface area (Å²) in [5.74, 6) is 0.642. The molecule has 1 aromatic heterocycles. The largest absolute Gasteiger partial charge is 0.395 e. The Hall–Kier alpha value is -1.76. The molecule has 0 aliphatic carbocycles. The van der Waals surface area contributed by atoms with Crippen LogP contribution < -0.4 is 11.1 Å². The molecule has 0 radical (unpaired) electrons. The highest BCUT2D eigenvalue weighted by Crippen LogP contribution is 2.22. The molecule has 0 amide bonds. The molecule has 1 atom stereocenters. The fourth-order valence-corrected chi connectivity index (χ4v) is 1.97. The number of nitrogens with zero attached hydrogens (tertiary/aromatic N) is 2. The van der Waals surface area contributed by atoms with E-state index in [0.29, 0.717) is 23.1 Å². The number of nitrogens with one attached hydrogen (secondary N) is 1. The molecular formula is C14H22N4. The lowest BCUT2D eigenvalue weighted by Crippen LogP contribution is -2.21. The fourth-order valence-electron chi connectivity index (χ4n) is 1.97. The van der Waals surface area contributed by atoms with Crippen molar-refractivity contribution in [1.82, 2.24) is 4.98 Å². The lowest BCUT2D eigenvalue weighted by Gasteiger charge is -2.19. The second-order valence-electron chi connectivity index (χ2n) is 4.50. The first kappa shape index (κ1) is 14.3. The summed E-state index contributed by atoms with van der Waals surface area (Å²) in [5, 5.41) is 12.3. The Kier molecular flexibility index (Phi) is 5.99. The molecule has 4 heteroatoms. The summed E-state index contributed by atoms with van der Waals surface area (Å²) in [7, 11) is 0. The molecular weight excluding hydrogens is 224 g/mol. The number of hydrogen-bond donors (Lipinski definition) is 2. The molecule has 0 bridgehead atoms. The van der Waals surface area contributed by atoms with E-state index in [0.717, 1.165) is 19.3 Å². The minimum absolute atomic E-state index is 0.388. The van der Waals surface area contributed by atoms with Crippen LogP contribution in [0.4, 0.5) is 11.5 Å². The Bertz CT molecular complexity index is 409. The van der Waals surface area contributed by atoms with Crippen LogP contribution >= 0.6 is 0 Å². The van der Waals surface area contributed by atoms with E-state index in [1.807, 2.05) is 0 Å². The van der Waals surface area contributed by atoms with Crippen molar-refractivity contribution in [2.75, 3.05) is 11.1 Å². The molecule has 0 fully saturated rings. The van der Waals surface area contributed by atoms with Crippen LogP contribution in [0.1, 0.15) is 51.5 Å². The third kappa shape index (κ3) is 3.92. The van der Waals surface area contributed by atoms with Gasteiger partial charge in [-0.05, 0) is 18.9 Å². The number of rotatable bonds is 7. The van der Waals surface area contributed by atoms with Crippen LogP contribution in [0.2, 0.25) is 0 Å². The van der Waals surface area contributed by atoms with Gasteiger partial charge in [-0.3, -0.25) is 0 Å². The van der Waals surface area contributed by atoms with Crippen molar-refractivity contribution >= 4 is 11.5 Å². The van der Waals surface area contributed by atoms with E-state index in [4.69, 9.17) is 11.0 Å². The molecule has 0 aliphatic rings. The molecule has 1 aromatic rings. The van der Waals surface area contributed by atoms with Crippen LogP contribution in [0.25, 0.3) is 0 Å². The molecule has 1 rings (SSSR count). The highest BCUT2D eigenvalue weighted by Gasteiger charge is 2.11. The normalized spacial score (nSPS) is 11.8. The van der Waals surface area contributed by atoms with Gasteiger partial charge >= 0.3 is 0 Å². The van der Waals surface area contributed by atoms with Crippen LogP contribution in [0.3, 0.4) is 0 Å². The second-order valence-corrected chi connectivity index (χ2v) is 4.50. The van der Waals surface area contributed by atoms with Gasteiger partial charge in [0.25, 0.3) is 0 Å². The average Bonchev–Trinajstić information content (AvgIpc) is 2.38. The van der Waals surface area contributed by atoms with Crippen molar-refractivity contribution in [3.63, 3.8) is 0 Å². The third-order valence-corrected chi connectivity index (χ3v) is 2.99. The lowest BCUT2D eigenvalue weighted by molar-refractivity contribution is 0.563. The molecule has 3 N–H and O–H groups in total. The first-order chi connectivity index (χ1) is 8.72. The number of nitriles is 1. The van der Waals surface area contributed by atoms with Gasteiger partial charge in [-0.15, -0.1) is 0 Å². The number of nitrogens with two attached hydrogens (primary N) is 1. The third-order valence-electron chi connectivity index (χ3n) is 2.99. The molecule has 0 aromatic carbocycles. The maximum atomic E-state index is 8.94. The molecule has 1 unspecified atom stereocenters. The van der Waals surface area contributed by atoms with Crippen molar-refractivity contribution < 1.29 is 0 Å². The zero-order valence-electron chi connectivity index (χ0n) is 11.2. The molecule has 0 aliphatic heterocycles. The van der Waals surface area contributed by atoms with Gasteiger partial charge in [-0.25, -0.2) is 4.98 Å². The first-order valence-corrected chi connectivity index (χ1v) is 6.64. The summed E-state index contributed by atoms with van der Waals surface area (Å²) in [4.78, 5) is 4.23. The van der Waals surface area contributed by atoms with Gasteiger partial charge in [0.2, 0.25) is 0 Å². The number of pyridine rings is 1. The zero-order chi connectivity index (χ0) is 13.4. The van der Waals surface area contributed by atoms with E-state index >= 15 is 0 Å². The van der Waals surface area contributed by atoms with Crippen molar-refractivity contribution in [3.8, 4) is 6.07 Å². The maximum Gasteiger partial charge on any atom is 0.150 e. The molecule has 0 saturated heterocycles. The average molecular weight is 246 g/mol. The van der Waals surface area contributed by atoms with Crippen LogP contribution in [-0.2, 0) is 0 Å². The van der Waals surface area contributed by atoms with Crippen LogP contribution in [0.5, 0.6) is 0 Å². The van der Waals surface area contributed by atoms with Gasteiger partial charge in [-0.2, -0.15) is 5.26 Å². The summed E-state index contributed by atoms with van der Waals surface area (Å²) < 4.78 is 0. The van der Waals surface area contributed by atoms with Gasteiger partial charge in [0.1, 0.15) is 6.07 Å². The standard InChI is InChI=1S/C14H22N4/c1-3-5-7-12(6-4-2)18-14-13(16)11(10-15)8-9-17-14/h8-9,12H,3-7,16H2,1-2H3,(H,17,18). The number of hydrogen-bond acceptors (Lipinski definition) is 4. The summed E-state index contributed by atoms with van der Waals surface area (Å²) in [6.45, 7) is 4.36. The highest BCUT2D eigenvalue weighted by molar-refractivity contribution is 5.69. The summed E-state index contributed by atoms with van der Waals surface area (Å²) >= 11 is 0. The van der Waals surface area contributed by atoms with E-state index in [1.165, 1.54) is 12.8 Å². The molecule has 4 nitrogen and oxygen atoms in total. The smallest absolute Gasteiger partial charge is 0.150 e. The monoisotopic (exact) mass is 246 g/mol. The topological polar surface area (TPSA) is 74.7 Å². The molecule has 98 valence electrons. The SMILES string of the molecule is CCCCC(CCC)Nc1nccc(C#N)c1N. The number of aromatic nitrogens is 1. The second kappa shape index (κ2) is 7.54. The number of unbranched alkanes of at least 4 members (excludes halogenated alkanes) is 1. The lowest BCUT2D eigenvalue weighted by atomic mass is 10.0. The van der Waals surface area contributed by atoms with Crippen molar-refractivity contribution in [2.24, 2.45) is 0 Å². The molecule has 18 heavy (non-hydrogen) atoms. The summed E-state index contributed by atoms with van der Waals surface area (Å²) in [6, 6.07) is 4.11. The van der Waals surface area contributed by atoms with Gasteiger partial charge in [0.15, 0.2) is 5.82 Å². The minimum atomic E-state index is 0.388. The predicted octanol–water partition coefficient (Wildman–Crippen LogP) is 3.31. The molecule has 0 saturated carbocycles. The quantitative estimate of drug-likeness (QED) is 0.774. The van der Waals surface area contributed by atoms with Crippen molar-refractivity contribution in [2.45, 2.75) is 52.0 Å². The molecule has 0 spiro atoms. The maximum absolute atomic E-state index is 8.94. The molecule has 1 heterocycles. The summed E-state index contributed by atoms with van der Waals surface area (Å²) in [5.41, 5.74) is 6.86. The van der Waals surface area contributed by atoms with E-state index in [1.54, 1.807) is 12.3 Å². The van der Waals surface area contributed by atoms with Crippen molar-refractivity contribution in [3.05, 3.63) is 17.8 Å². The Morgan fingerprint density at radius 1 is 1.39 bits per heavy atom. The van der Waals surface area contributed by atoms with E-state index in [9.17, 15) is 0 Å². The Balaban J connectivity index is 2.77.